The smallest absolute Gasteiger partial charge is 0.303 e. The van der Waals surface area contributed by atoms with Gasteiger partial charge in [-0.15, -0.1) is 0 Å². The number of halogens is 2. The Labute approximate surface area is 153 Å². The van der Waals surface area contributed by atoms with Crippen LogP contribution in [0.2, 0.25) is 0 Å². The van der Waals surface area contributed by atoms with Gasteiger partial charge in [-0.1, -0.05) is 23.2 Å². The molecule has 1 heterocycles. The van der Waals surface area contributed by atoms with E-state index in [1.165, 1.54) is 0 Å². The standard InChI is InChI=1S/C14H18Cl2O9/c1-6(17)21-5-14(16)12(24-9(4)20)10(22-7(2)18)11(13(15)25-14)23-8(3)19/h10-13H,5H2,1-4H3/t10-,11+,12+,13-,14-/m1/s1. The third-order valence-corrected chi connectivity index (χ3v) is 3.73. The number of carbonyl (C=O) groups is 4. The van der Waals surface area contributed by atoms with Gasteiger partial charge in [0.1, 0.15) is 6.61 Å². The fraction of sp³-hybridized carbons (Fsp3) is 0.714. The number of esters is 4. The Balaban J connectivity index is 3.26. The molecule has 0 bridgehead atoms. The molecule has 0 spiro atoms. The highest BCUT2D eigenvalue weighted by atomic mass is 35.5. The Hall–Kier alpha value is -1.58. The zero-order chi connectivity index (χ0) is 19.4. The van der Waals surface area contributed by atoms with Gasteiger partial charge in [-0.05, 0) is 0 Å². The lowest BCUT2D eigenvalue weighted by molar-refractivity contribution is -0.250. The molecular formula is C14H18Cl2O9. The van der Waals surface area contributed by atoms with Crippen molar-refractivity contribution in [2.24, 2.45) is 0 Å². The van der Waals surface area contributed by atoms with Crippen molar-refractivity contribution < 1.29 is 42.9 Å². The molecule has 0 aliphatic carbocycles. The predicted molar refractivity (Wildman–Crippen MR) is 82.6 cm³/mol. The van der Waals surface area contributed by atoms with Crippen LogP contribution in [0.5, 0.6) is 0 Å². The Kier molecular flexibility index (Phi) is 7.45. The second kappa shape index (κ2) is 8.68. The molecule has 0 radical (unpaired) electrons. The SMILES string of the molecule is CC(=O)OC[C@@]1(Cl)O[C@@H](Cl)[C@@H](OC(C)=O)[C@@H](OC(C)=O)[C@@H]1OC(C)=O. The molecule has 0 aromatic heterocycles. The van der Waals surface area contributed by atoms with Gasteiger partial charge in [0.25, 0.3) is 0 Å². The molecule has 1 saturated heterocycles. The number of hydrogen-bond donors (Lipinski definition) is 0. The van der Waals surface area contributed by atoms with Crippen LogP contribution in [-0.4, -0.2) is 59.4 Å². The molecule has 1 aliphatic rings. The Morgan fingerprint density at radius 3 is 1.80 bits per heavy atom. The summed E-state index contributed by atoms with van der Waals surface area (Å²) in [5.41, 5.74) is -1.37. The molecule has 0 saturated carbocycles. The van der Waals surface area contributed by atoms with Gasteiger partial charge in [-0.2, -0.15) is 0 Å². The molecule has 142 valence electrons. The monoisotopic (exact) mass is 400 g/mol. The molecule has 1 fully saturated rings. The second-order valence-corrected chi connectivity index (χ2v) is 6.28. The van der Waals surface area contributed by atoms with E-state index in [9.17, 15) is 19.2 Å². The fourth-order valence-corrected chi connectivity index (χ4v) is 2.89. The molecule has 9 nitrogen and oxygen atoms in total. The van der Waals surface area contributed by atoms with Crippen molar-refractivity contribution in [3.8, 4) is 0 Å². The van der Waals surface area contributed by atoms with Crippen LogP contribution >= 0.6 is 23.2 Å². The molecule has 1 rings (SSSR count). The van der Waals surface area contributed by atoms with E-state index < -0.39 is 59.4 Å². The maximum Gasteiger partial charge on any atom is 0.303 e. The Bertz CT molecular complexity index is 552. The normalized spacial score (nSPS) is 31.6. The average molecular weight is 401 g/mol. The first-order valence-corrected chi connectivity index (χ1v) is 7.93. The number of ether oxygens (including phenoxy) is 5. The van der Waals surface area contributed by atoms with Crippen molar-refractivity contribution >= 4 is 47.1 Å². The Morgan fingerprint density at radius 1 is 0.880 bits per heavy atom. The Morgan fingerprint density at radius 2 is 1.36 bits per heavy atom. The van der Waals surface area contributed by atoms with Crippen molar-refractivity contribution in [2.75, 3.05) is 6.61 Å². The number of rotatable bonds is 5. The van der Waals surface area contributed by atoms with Crippen LogP contribution in [0.4, 0.5) is 0 Å². The van der Waals surface area contributed by atoms with Crippen molar-refractivity contribution in [3.63, 3.8) is 0 Å². The second-order valence-electron chi connectivity index (χ2n) is 5.21. The molecule has 0 unspecified atom stereocenters. The van der Waals surface area contributed by atoms with E-state index in [0.717, 1.165) is 27.7 Å². The van der Waals surface area contributed by atoms with Crippen LogP contribution < -0.4 is 0 Å². The van der Waals surface area contributed by atoms with Crippen LogP contribution in [0.3, 0.4) is 0 Å². The van der Waals surface area contributed by atoms with Gasteiger partial charge in [-0.3, -0.25) is 19.2 Å². The van der Waals surface area contributed by atoms with E-state index in [4.69, 9.17) is 46.9 Å². The fourth-order valence-electron chi connectivity index (χ4n) is 2.17. The van der Waals surface area contributed by atoms with Gasteiger partial charge in [0.05, 0.1) is 0 Å². The summed E-state index contributed by atoms with van der Waals surface area (Å²) in [7, 11) is 0. The maximum atomic E-state index is 11.5. The highest BCUT2D eigenvalue weighted by Crippen LogP contribution is 2.40. The predicted octanol–water partition coefficient (Wildman–Crippen LogP) is 0.875. The number of hydrogen-bond acceptors (Lipinski definition) is 9. The first kappa shape index (κ1) is 21.5. The number of carbonyl (C=O) groups excluding carboxylic acids is 4. The van der Waals surface area contributed by atoms with Crippen LogP contribution in [-0.2, 0) is 42.9 Å². The summed E-state index contributed by atoms with van der Waals surface area (Å²) in [5.74, 6) is -2.97. The van der Waals surface area contributed by atoms with Crippen molar-refractivity contribution in [3.05, 3.63) is 0 Å². The largest absolute Gasteiger partial charge is 0.461 e. The van der Waals surface area contributed by atoms with Crippen molar-refractivity contribution in [2.45, 2.75) is 56.6 Å². The molecule has 0 N–H and O–H groups in total. The average Bonchev–Trinajstić information content (AvgIpc) is 2.44. The number of alkyl halides is 2. The molecule has 1 aliphatic heterocycles. The quantitative estimate of drug-likeness (QED) is 0.376. The minimum Gasteiger partial charge on any atom is -0.461 e. The summed E-state index contributed by atoms with van der Waals surface area (Å²) < 4.78 is 25.4. The van der Waals surface area contributed by atoms with Gasteiger partial charge in [-0.25, -0.2) is 0 Å². The third-order valence-electron chi connectivity index (χ3n) is 2.98. The summed E-state index contributed by atoms with van der Waals surface area (Å²) in [5, 5.41) is -1.96. The zero-order valence-electron chi connectivity index (χ0n) is 13.9. The lowest BCUT2D eigenvalue weighted by atomic mass is 9.98. The van der Waals surface area contributed by atoms with E-state index in [0.29, 0.717) is 0 Å². The molecule has 0 aromatic rings. The minimum atomic E-state index is -1.96. The first-order chi connectivity index (χ1) is 11.5. The van der Waals surface area contributed by atoms with Gasteiger partial charge >= 0.3 is 23.9 Å². The van der Waals surface area contributed by atoms with E-state index in [1.54, 1.807) is 0 Å². The molecule has 0 amide bonds. The summed E-state index contributed by atoms with van der Waals surface area (Å²) in [6.45, 7) is 3.86. The maximum absolute atomic E-state index is 11.5. The van der Waals surface area contributed by atoms with Gasteiger partial charge in [0.2, 0.25) is 5.06 Å². The van der Waals surface area contributed by atoms with Gasteiger partial charge in [0.15, 0.2) is 23.9 Å². The van der Waals surface area contributed by atoms with E-state index in [-0.39, 0.29) is 0 Å². The third kappa shape index (κ3) is 6.02. The topological polar surface area (TPSA) is 114 Å². The first-order valence-electron chi connectivity index (χ1n) is 7.12. The van der Waals surface area contributed by atoms with Gasteiger partial charge < -0.3 is 23.7 Å². The molecule has 5 atom stereocenters. The van der Waals surface area contributed by atoms with Crippen molar-refractivity contribution in [1.29, 1.82) is 0 Å². The summed E-state index contributed by atoms with van der Waals surface area (Å²) in [4.78, 5) is 45.3. The lowest BCUT2D eigenvalue weighted by Gasteiger charge is -2.46. The highest BCUT2D eigenvalue weighted by molar-refractivity contribution is 6.25. The van der Waals surface area contributed by atoms with E-state index >= 15 is 0 Å². The zero-order valence-corrected chi connectivity index (χ0v) is 15.5. The van der Waals surface area contributed by atoms with Crippen LogP contribution in [0.1, 0.15) is 27.7 Å². The van der Waals surface area contributed by atoms with Crippen LogP contribution in [0, 0.1) is 0 Å². The van der Waals surface area contributed by atoms with Crippen LogP contribution in [0.15, 0.2) is 0 Å². The van der Waals surface area contributed by atoms with Crippen molar-refractivity contribution in [1.82, 2.24) is 0 Å². The van der Waals surface area contributed by atoms with Gasteiger partial charge in [0, 0.05) is 27.7 Å². The molecule has 11 heteroatoms. The molecule has 25 heavy (non-hydrogen) atoms. The lowest BCUT2D eigenvalue weighted by Crippen LogP contribution is -2.65. The molecular weight excluding hydrogens is 383 g/mol. The molecule has 0 aromatic carbocycles. The van der Waals surface area contributed by atoms with E-state index in [1.807, 2.05) is 0 Å². The van der Waals surface area contributed by atoms with Crippen LogP contribution in [0.25, 0.3) is 0 Å². The highest BCUT2D eigenvalue weighted by Gasteiger charge is 2.59. The summed E-state index contributed by atoms with van der Waals surface area (Å²) in [6, 6.07) is 0. The summed E-state index contributed by atoms with van der Waals surface area (Å²) >= 11 is 12.4. The van der Waals surface area contributed by atoms with E-state index in [2.05, 4.69) is 0 Å². The minimum absolute atomic E-state index is 0.560. The summed E-state index contributed by atoms with van der Waals surface area (Å²) in [6.07, 6.45) is -4.15.